The normalized spacial score (nSPS) is 11.4. The minimum Gasteiger partial charge on any atom is -0.281 e. The smallest absolute Gasteiger partial charge is 0.281 e. The van der Waals surface area contributed by atoms with Crippen LogP contribution in [-0.2, 0) is 10.7 Å². The van der Waals surface area contributed by atoms with Crippen molar-refractivity contribution in [1.82, 2.24) is 0 Å². The molecule has 0 spiro atoms. The van der Waals surface area contributed by atoms with Crippen molar-refractivity contribution in [1.29, 1.82) is 0 Å². The number of hydrogen-bond donors (Lipinski definition) is 0. The summed E-state index contributed by atoms with van der Waals surface area (Å²) in [4.78, 5) is 10.6. The fraction of sp³-hybridized carbons (Fsp3) is 0.222. The number of aryl methyl sites for hydroxylation is 1. The van der Waals surface area contributed by atoms with E-state index in [0.29, 0.717) is 0 Å². The lowest BCUT2D eigenvalue weighted by Gasteiger charge is -2.11. The van der Waals surface area contributed by atoms with Gasteiger partial charge in [-0.05, 0) is 6.92 Å². The molecule has 0 unspecified atom stereocenters. The maximum Gasteiger partial charge on any atom is 0.340 e. The second kappa shape index (κ2) is 3.69. The Morgan fingerprint density at radius 2 is 1.77 bits per heavy atom. The van der Waals surface area contributed by atoms with E-state index >= 15 is 0 Å². The van der Waals surface area contributed by atoms with Crippen LogP contribution in [0.25, 0.3) is 0 Å². The van der Waals surface area contributed by atoms with Crippen LogP contribution in [0.2, 0.25) is 0 Å². The molecule has 0 saturated heterocycles. The van der Waals surface area contributed by atoms with E-state index in [9.17, 15) is 13.6 Å². The number of carbonyl (C=O) groups is 1. The number of benzene rings is 1. The van der Waals surface area contributed by atoms with E-state index in [1.165, 1.54) is 12.1 Å². The van der Waals surface area contributed by atoms with E-state index < -0.39 is 9.71 Å². The molecular formula is C9H7F2IO. The number of halogens is 3. The van der Waals surface area contributed by atoms with Gasteiger partial charge in [-0.25, -0.2) is 0 Å². The van der Waals surface area contributed by atoms with Crippen LogP contribution in [0, 0.1) is 6.92 Å². The molecule has 0 saturated carbocycles. The summed E-state index contributed by atoms with van der Waals surface area (Å²) in [5.41, 5.74) is 0.637. The van der Waals surface area contributed by atoms with Gasteiger partial charge >= 0.3 is 5.92 Å². The maximum atomic E-state index is 13.1. The SMILES string of the molecule is Cc1ccc(C(F)(F)C(=O)I)cc1. The van der Waals surface area contributed by atoms with Crippen LogP contribution in [0.3, 0.4) is 0 Å². The Kier molecular flexibility index (Phi) is 3.00. The van der Waals surface area contributed by atoms with Crippen molar-refractivity contribution in [3.63, 3.8) is 0 Å². The molecule has 0 atom stereocenters. The first kappa shape index (κ1) is 10.6. The summed E-state index contributed by atoms with van der Waals surface area (Å²) in [6.45, 7) is 1.80. The van der Waals surface area contributed by atoms with Crippen molar-refractivity contribution in [2.75, 3.05) is 0 Å². The van der Waals surface area contributed by atoms with Crippen molar-refractivity contribution in [2.24, 2.45) is 0 Å². The first-order valence-electron chi connectivity index (χ1n) is 3.59. The van der Waals surface area contributed by atoms with Crippen LogP contribution in [-0.4, -0.2) is 3.79 Å². The minimum atomic E-state index is -3.37. The lowest BCUT2D eigenvalue weighted by molar-refractivity contribution is -0.132. The van der Waals surface area contributed by atoms with Gasteiger partial charge in [0.25, 0.3) is 3.79 Å². The van der Waals surface area contributed by atoms with Gasteiger partial charge in [-0.2, -0.15) is 8.78 Å². The Labute approximate surface area is 88.3 Å². The third-order valence-corrected chi connectivity index (χ3v) is 2.34. The topological polar surface area (TPSA) is 17.1 Å². The van der Waals surface area contributed by atoms with Crippen LogP contribution < -0.4 is 0 Å². The molecule has 0 aliphatic heterocycles. The quantitative estimate of drug-likeness (QED) is 0.605. The second-order valence-electron chi connectivity index (χ2n) is 2.71. The minimum absolute atomic E-state index is 0.252. The molecule has 0 bridgehead atoms. The molecule has 0 aromatic heterocycles. The molecule has 13 heavy (non-hydrogen) atoms. The van der Waals surface area contributed by atoms with Gasteiger partial charge in [-0.15, -0.1) is 0 Å². The van der Waals surface area contributed by atoms with Crippen LogP contribution in [0.4, 0.5) is 8.78 Å². The predicted molar refractivity (Wildman–Crippen MR) is 54.1 cm³/mol. The molecule has 0 aliphatic rings. The zero-order chi connectivity index (χ0) is 10.1. The third-order valence-electron chi connectivity index (χ3n) is 1.66. The summed E-state index contributed by atoms with van der Waals surface area (Å²) >= 11 is 1.11. The van der Waals surface area contributed by atoms with Gasteiger partial charge in [0.1, 0.15) is 0 Å². The molecule has 1 aromatic rings. The van der Waals surface area contributed by atoms with Crippen molar-refractivity contribution in [3.8, 4) is 0 Å². The van der Waals surface area contributed by atoms with E-state index in [2.05, 4.69) is 0 Å². The zero-order valence-electron chi connectivity index (χ0n) is 6.85. The molecule has 0 radical (unpaired) electrons. The molecule has 70 valence electrons. The summed E-state index contributed by atoms with van der Waals surface area (Å²) < 4.78 is 24.9. The van der Waals surface area contributed by atoms with E-state index in [1.54, 1.807) is 19.1 Å². The number of carbonyl (C=O) groups excluding carboxylic acids is 1. The van der Waals surface area contributed by atoms with Gasteiger partial charge in [0.15, 0.2) is 0 Å². The largest absolute Gasteiger partial charge is 0.340 e. The molecular weight excluding hydrogens is 289 g/mol. The zero-order valence-corrected chi connectivity index (χ0v) is 9.01. The monoisotopic (exact) mass is 296 g/mol. The standard InChI is InChI=1S/C9H7F2IO/c1-6-2-4-7(5-3-6)9(10,11)8(12)13/h2-5H,1H3. The van der Waals surface area contributed by atoms with Gasteiger partial charge in [0.2, 0.25) is 0 Å². The van der Waals surface area contributed by atoms with E-state index in [0.717, 1.165) is 28.2 Å². The average molecular weight is 296 g/mol. The molecule has 0 N–H and O–H groups in total. The summed E-state index contributed by atoms with van der Waals surface area (Å²) in [7, 11) is 0. The Balaban J connectivity index is 3.08. The Morgan fingerprint density at radius 1 is 1.31 bits per heavy atom. The molecule has 0 heterocycles. The molecule has 1 aromatic carbocycles. The van der Waals surface area contributed by atoms with Crippen molar-refractivity contribution >= 4 is 26.4 Å². The average Bonchev–Trinajstić information content (AvgIpc) is 2.04. The van der Waals surface area contributed by atoms with E-state index in [1.807, 2.05) is 0 Å². The lowest BCUT2D eigenvalue weighted by Crippen LogP contribution is -2.20. The highest BCUT2D eigenvalue weighted by Gasteiger charge is 2.38. The van der Waals surface area contributed by atoms with Gasteiger partial charge in [-0.3, -0.25) is 4.79 Å². The fourth-order valence-corrected chi connectivity index (χ4v) is 1.19. The predicted octanol–water partition coefficient (Wildman–Crippen LogP) is 3.05. The fourth-order valence-electron chi connectivity index (χ4n) is 0.876. The number of alkyl halides is 2. The van der Waals surface area contributed by atoms with Crippen molar-refractivity contribution in [3.05, 3.63) is 35.4 Å². The first-order chi connectivity index (χ1) is 5.94. The number of hydrogen-bond acceptors (Lipinski definition) is 1. The lowest BCUT2D eigenvalue weighted by atomic mass is 10.1. The molecule has 1 rings (SSSR count). The van der Waals surface area contributed by atoms with E-state index in [-0.39, 0.29) is 5.56 Å². The highest BCUT2D eigenvalue weighted by Crippen LogP contribution is 2.31. The number of rotatable bonds is 2. The van der Waals surface area contributed by atoms with Crippen LogP contribution in [0.1, 0.15) is 11.1 Å². The highest BCUT2D eigenvalue weighted by molar-refractivity contribution is 14.1. The molecule has 0 amide bonds. The van der Waals surface area contributed by atoms with Crippen molar-refractivity contribution < 1.29 is 13.6 Å². The third kappa shape index (κ3) is 2.24. The Morgan fingerprint density at radius 3 is 2.15 bits per heavy atom. The molecule has 0 fully saturated rings. The van der Waals surface area contributed by atoms with Crippen LogP contribution in [0.5, 0.6) is 0 Å². The maximum absolute atomic E-state index is 13.1. The van der Waals surface area contributed by atoms with Gasteiger partial charge < -0.3 is 0 Å². The molecule has 0 aliphatic carbocycles. The molecule has 1 nitrogen and oxygen atoms in total. The van der Waals surface area contributed by atoms with Crippen LogP contribution >= 0.6 is 22.6 Å². The van der Waals surface area contributed by atoms with Crippen LogP contribution in [0.15, 0.2) is 24.3 Å². The Bertz CT molecular complexity index is 319. The van der Waals surface area contributed by atoms with Gasteiger partial charge in [-0.1, -0.05) is 29.8 Å². The summed E-state index contributed by atoms with van der Waals surface area (Å²) in [6.07, 6.45) is 0. The second-order valence-corrected chi connectivity index (χ2v) is 3.69. The summed E-state index contributed by atoms with van der Waals surface area (Å²) in [5.74, 6) is -3.37. The first-order valence-corrected chi connectivity index (χ1v) is 4.67. The van der Waals surface area contributed by atoms with Gasteiger partial charge in [0.05, 0.1) is 0 Å². The molecule has 4 heteroatoms. The van der Waals surface area contributed by atoms with Crippen molar-refractivity contribution in [2.45, 2.75) is 12.8 Å². The van der Waals surface area contributed by atoms with Gasteiger partial charge in [0, 0.05) is 28.2 Å². The summed E-state index contributed by atoms with van der Waals surface area (Å²) in [6, 6.07) is 5.66. The summed E-state index contributed by atoms with van der Waals surface area (Å²) in [5, 5.41) is 0. The van der Waals surface area contributed by atoms with E-state index in [4.69, 9.17) is 0 Å². The highest BCUT2D eigenvalue weighted by atomic mass is 127. The Hall–Kier alpha value is -0.520.